The van der Waals surface area contributed by atoms with Gasteiger partial charge in [0.25, 0.3) is 0 Å². The Morgan fingerprint density at radius 3 is 1.64 bits per heavy atom. The van der Waals surface area contributed by atoms with Crippen LogP contribution in [0.15, 0.2) is 227 Å². The van der Waals surface area contributed by atoms with Crippen LogP contribution in [0.3, 0.4) is 0 Å². The molecule has 0 saturated heterocycles. The van der Waals surface area contributed by atoms with Gasteiger partial charge >= 0.3 is 0 Å². The lowest BCUT2D eigenvalue weighted by atomic mass is 9.98. The van der Waals surface area contributed by atoms with E-state index in [-0.39, 0.29) is 0 Å². The number of hydrogen-bond acceptors (Lipinski definition) is 5. The van der Waals surface area contributed by atoms with Crippen molar-refractivity contribution < 1.29 is 8.83 Å². The van der Waals surface area contributed by atoms with E-state index in [2.05, 4.69) is 162 Å². The summed E-state index contributed by atoms with van der Waals surface area (Å²) in [6.07, 6.45) is 0. The molecule has 0 amide bonds. The van der Waals surface area contributed by atoms with Crippen LogP contribution in [-0.4, -0.2) is 19.5 Å². The largest absolute Gasteiger partial charge is 0.456 e. The van der Waals surface area contributed by atoms with Crippen LogP contribution in [0.1, 0.15) is 0 Å². The van der Waals surface area contributed by atoms with Crippen molar-refractivity contribution in [1.82, 2.24) is 19.5 Å². The first kappa shape index (κ1) is 37.3. The highest BCUT2D eigenvalue weighted by molar-refractivity contribution is 6.20. The van der Waals surface area contributed by atoms with E-state index >= 15 is 0 Å². The molecular weight excluding hydrogens is 821 g/mol. The van der Waals surface area contributed by atoms with E-state index in [1.807, 2.05) is 60.7 Å². The van der Waals surface area contributed by atoms with Crippen molar-refractivity contribution in [3.8, 4) is 62.1 Å². The molecule has 6 nitrogen and oxygen atoms in total. The fraction of sp³-hybridized carbons (Fsp3) is 0. The maximum atomic E-state index is 7.03. The monoisotopic (exact) mass is 856 g/mol. The van der Waals surface area contributed by atoms with Crippen LogP contribution in [0.4, 0.5) is 0 Å². The topological polar surface area (TPSA) is 69.9 Å². The minimum atomic E-state index is 0.566. The summed E-state index contributed by atoms with van der Waals surface area (Å²) < 4.78 is 15.8. The third kappa shape index (κ3) is 5.93. The Hall–Kier alpha value is -9.13. The molecule has 312 valence electrons. The van der Waals surface area contributed by atoms with Gasteiger partial charge in [0.15, 0.2) is 17.5 Å². The summed E-state index contributed by atoms with van der Waals surface area (Å²) >= 11 is 0. The van der Waals surface area contributed by atoms with Gasteiger partial charge in [-0.2, -0.15) is 0 Å². The lowest BCUT2D eigenvalue weighted by Crippen LogP contribution is -2.01. The number of nitrogens with zero attached hydrogens (tertiary/aromatic N) is 4. The quantitative estimate of drug-likeness (QED) is 0.167. The van der Waals surface area contributed by atoms with Crippen LogP contribution >= 0.6 is 0 Å². The molecule has 0 bridgehead atoms. The molecule has 67 heavy (non-hydrogen) atoms. The van der Waals surface area contributed by atoms with Gasteiger partial charge < -0.3 is 13.4 Å². The molecule has 0 saturated carbocycles. The maximum absolute atomic E-state index is 7.03. The van der Waals surface area contributed by atoms with E-state index in [0.717, 1.165) is 105 Å². The van der Waals surface area contributed by atoms with E-state index in [9.17, 15) is 0 Å². The zero-order valence-corrected chi connectivity index (χ0v) is 35.9. The molecular formula is C61H36N4O2. The summed E-state index contributed by atoms with van der Waals surface area (Å²) in [7, 11) is 0. The highest BCUT2D eigenvalue weighted by Gasteiger charge is 2.22. The fourth-order valence-corrected chi connectivity index (χ4v) is 10.1. The molecule has 14 rings (SSSR count). The molecule has 0 aliphatic heterocycles. The summed E-state index contributed by atoms with van der Waals surface area (Å²) in [4.78, 5) is 15.5. The molecule has 6 heteroatoms. The van der Waals surface area contributed by atoms with Crippen molar-refractivity contribution in [2.75, 3.05) is 0 Å². The minimum absolute atomic E-state index is 0.566. The van der Waals surface area contributed by atoms with Gasteiger partial charge in [0.1, 0.15) is 22.3 Å². The molecule has 0 aliphatic rings. The summed E-state index contributed by atoms with van der Waals surface area (Å²) in [5, 5.41) is 8.97. The molecule has 0 atom stereocenters. The van der Waals surface area contributed by atoms with Gasteiger partial charge in [-0.15, -0.1) is 0 Å². The number of aromatic nitrogens is 4. The summed E-state index contributed by atoms with van der Waals surface area (Å²) in [5.41, 5.74) is 13.4. The Morgan fingerprint density at radius 2 is 0.866 bits per heavy atom. The summed E-state index contributed by atoms with van der Waals surface area (Å²) in [6.45, 7) is 0. The lowest BCUT2D eigenvalue weighted by molar-refractivity contribution is 0.669. The Balaban J connectivity index is 0.996. The van der Waals surface area contributed by atoms with E-state index < -0.39 is 0 Å². The lowest BCUT2D eigenvalue weighted by Gasteiger charge is -2.14. The van der Waals surface area contributed by atoms with Crippen molar-refractivity contribution in [3.63, 3.8) is 0 Å². The molecule has 14 aromatic rings. The van der Waals surface area contributed by atoms with Gasteiger partial charge in [0, 0.05) is 71.4 Å². The molecule has 0 N–H and O–H groups in total. The summed E-state index contributed by atoms with van der Waals surface area (Å²) in [6, 6.07) is 76.3. The molecule has 0 aliphatic carbocycles. The minimum Gasteiger partial charge on any atom is -0.456 e. The molecule has 4 heterocycles. The molecule has 0 spiro atoms. The predicted molar refractivity (Wildman–Crippen MR) is 273 cm³/mol. The van der Waals surface area contributed by atoms with Crippen LogP contribution in [0.5, 0.6) is 0 Å². The number of furan rings is 2. The predicted octanol–water partition coefficient (Wildman–Crippen LogP) is 16.3. The second-order valence-electron chi connectivity index (χ2n) is 17.1. The highest BCUT2D eigenvalue weighted by Crippen LogP contribution is 2.45. The molecule has 10 aromatic carbocycles. The number of hydrogen-bond donors (Lipinski definition) is 0. The van der Waals surface area contributed by atoms with Crippen molar-refractivity contribution in [2.24, 2.45) is 0 Å². The van der Waals surface area contributed by atoms with Crippen molar-refractivity contribution in [2.45, 2.75) is 0 Å². The zero-order valence-electron chi connectivity index (χ0n) is 35.9. The van der Waals surface area contributed by atoms with Crippen LogP contribution in [0.2, 0.25) is 0 Å². The zero-order chi connectivity index (χ0) is 44.0. The second-order valence-corrected chi connectivity index (χ2v) is 17.1. The average molecular weight is 857 g/mol. The first-order chi connectivity index (χ1) is 33.2. The van der Waals surface area contributed by atoms with E-state index in [0.29, 0.717) is 17.5 Å². The van der Waals surface area contributed by atoms with Crippen molar-refractivity contribution >= 4 is 76.5 Å². The van der Waals surface area contributed by atoms with Crippen LogP contribution in [0, 0.1) is 0 Å². The van der Waals surface area contributed by atoms with E-state index in [4.69, 9.17) is 23.8 Å². The Labute approximate surface area is 383 Å². The van der Waals surface area contributed by atoms with Gasteiger partial charge in [0.05, 0.1) is 11.0 Å². The summed E-state index contributed by atoms with van der Waals surface area (Å²) in [5.74, 6) is 1.73. The van der Waals surface area contributed by atoms with Crippen LogP contribution < -0.4 is 0 Å². The number of rotatable bonds is 6. The highest BCUT2D eigenvalue weighted by atomic mass is 16.3. The average Bonchev–Trinajstić information content (AvgIpc) is 4.08. The van der Waals surface area contributed by atoms with Crippen LogP contribution in [-0.2, 0) is 0 Å². The SMILES string of the molecule is c1ccc(-c2nc(-c3cccc(-n4c5cc6ccccc6cc5c5cccc(-c6cccc7c6oc6c(-c8ccccc8)cccc67)c54)c3)nc(-c3ccc4c(c3)oc3ccccc34)n2)cc1. The first-order valence-corrected chi connectivity index (χ1v) is 22.5. The third-order valence-electron chi connectivity index (χ3n) is 13.2. The van der Waals surface area contributed by atoms with Crippen LogP contribution in [0.25, 0.3) is 139 Å². The molecule has 0 fully saturated rings. The molecule has 4 aromatic heterocycles. The van der Waals surface area contributed by atoms with Crippen molar-refractivity contribution in [3.05, 3.63) is 218 Å². The Morgan fingerprint density at radius 1 is 0.313 bits per heavy atom. The Bertz CT molecular complexity index is 4280. The van der Waals surface area contributed by atoms with Gasteiger partial charge in [-0.3, -0.25) is 0 Å². The molecule has 0 radical (unpaired) electrons. The second kappa shape index (κ2) is 14.7. The Kier molecular flexibility index (Phi) is 8.18. The first-order valence-electron chi connectivity index (χ1n) is 22.5. The number of fused-ring (bicyclic) bond motifs is 10. The van der Waals surface area contributed by atoms with Gasteiger partial charge in [-0.05, 0) is 58.8 Å². The van der Waals surface area contributed by atoms with Crippen molar-refractivity contribution in [1.29, 1.82) is 0 Å². The maximum Gasteiger partial charge on any atom is 0.164 e. The van der Waals surface area contributed by atoms with Gasteiger partial charge in [-0.25, -0.2) is 15.0 Å². The van der Waals surface area contributed by atoms with E-state index in [1.54, 1.807) is 0 Å². The third-order valence-corrected chi connectivity index (χ3v) is 13.2. The van der Waals surface area contributed by atoms with Gasteiger partial charge in [0.2, 0.25) is 0 Å². The fourth-order valence-electron chi connectivity index (χ4n) is 10.1. The number of benzene rings is 10. The molecule has 0 unspecified atom stereocenters. The smallest absolute Gasteiger partial charge is 0.164 e. The van der Waals surface area contributed by atoms with Gasteiger partial charge in [-0.1, -0.05) is 176 Å². The van der Waals surface area contributed by atoms with E-state index in [1.165, 1.54) is 16.2 Å². The number of para-hydroxylation sites is 4. The standard InChI is InChI=1S/C61H36N4O2/c1-3-15-37(16-4-1)44-24-12-28-50-51-29-14-27-49(58(51)67-57(44)50)47-25-13-26-48-52-34-39-19-7-8-20-40(39)35-53(52)65(56(47)48)43-22-11-21-41(33-43)60-62-59(38-17-5-2-6-18-38)63-61(64-60)42-31-32-46-45-23-9-10-30-54(45)66-55(46)36-42/h1-36H. The normalized spacial score (nSPS) is 11.9.